The molecule has 6 heteroatoms. The quantitative estimate of drug-likeness (QED) is 0.672. The van der Waals surface area contributed by atoms with Crippen LogP contribution in [0.2, 0.25) is 0 Å². The van der Waals surface area contributed by atoms with Gasteiger partial charge >= 0.3 is 0 Å². The van der Waals surface area contributed by atoms with Gasteiger partial charge in [0.2, 0.25) is 5.91 Å². The van der Waals surface area contributed by atoms with Crippen LogP contribution in [0.1, 0.15) is 55.1 Å². The van der Waals surface area contributed by atoms with Crippen LogP contribution in [0, 0.1) is 12.7 Å². The van der Waals surface area contributed by atoms with Crippen molar-refractivity contribution in [3.8, 4) is 11.3 Å². The first-order valence-corrected chi connectivity index (χ1v) is 11.4. The number of aromatic nitrogens is 1. The lowest BCUT2D eigenvalue weighted by Crippen LogP contribution is -2.52. The maximum atomic E-state index is 13.4. The summed E-state index contributed by atoms with van der Waals surface area (Å²) in [5.74, 6) is -0.272. The second-order valence-electron chi connectivity index (χ2n) is 8.89. The summed E-state index contributed by atoms with van der Waals surface area (Å²) in [6, 6.07) is 8.69. The summed E-state index contributed by atoms with van der Waals surface area (Å²) in [7, 11) is 0. The smallest absolute Gasteiger partial charge is 0.242 e. The fourth-order valence-corrected chi connectivity index (χ4v) is 5.08. The van der Waals surface area contributed by atoms with Crippen LogP contribution in [0.15, 0.2) is 30.3 Å². The Bertz CT molecular complexity index is 936. The van der Waals surface area contributed by atoms with E-state index in [1.807, 2.05) is 22.5 Å². The van der Waals surface area contributed by atoms with Crippen LogP contribution in [0.5, 0.6) is 0 Å². The fraction of sp³-hybridized carbons (Fsp3) is 0.520. The van der Waals surface area contributed by atoms with E-state index in [1.54, 1.807) is 12.1 Å². The zero-order valence-corrected chi connectivity index (χ0v) is 18.6. The number of rotatable bonds is 5. The Morgan fingerprint density at radius 3 is 2.26 bits per heavy atom. The summed E-state index contributed by atoms with van der Waals surface area (Å²) in [5.41, 5.74) is 2.96. The fourth-order valence-electron chi connectivity index (χ4n) is 5.08. The molecule has 31 heavy (non-hydrogen) atoms. The minimum absolute atomic E-state index is 0.0341. The first kappa shape index (κ1) is 21.8. The molecule has 1 aliphatic carbocycles. The minimum Gasteiger partial charge on any atom is -0.339 e. The predicted molar refractivity (Wildman–Crippen MR) is 120 cm³/mol. The van der Waals surface area contributed by atoms with Gasteiger partial charge in [-0.1, -0.05) is 19.3 Å². The Labute approximate surface area is 183 Å². The molecule has 0 unspecified atom stereocenters. The molecule has 4 rings (SSSR count). The van der Waals surface area contributed by atoms with Crippen LogP contribution in [0.4, 0.5) is 4.39 Å². The molecule has 0 radical (unpaired) electrons. The molecule has 0 N–H and O–H groups in total. The number of halogens is 1. The van der Waals surface area contributed by atoms with E-state index in [2.05, 4.69) is 4.90 Å². The number of carbonyl (C=O) groups is 2. The van der Waals surface area contributed by atoms with Gasteiger partial charge in [0.25, 0.3) is 0 Å². The lowest BCUT2D eigenvalue weighted by Gasteiger charge is -2.40. The van der Waals surface area contributed by atoms with Gasteiger partial charge in [-0.2, -0.15) is 0 Å². The Morgan fingerprint density at radius 1 is 1.00 bits per heavy atom. The van der Waals surface area contributed by atoms with Crippen molar-refractivity contribution in [3.05, 3.63) is 47.4 Å². The summed E-state index contributed by atoms with van der Waals surface area (Å²) in [6.45, 7) is 6.97. The number of amides is 1. The van der Waals surface area contributed by atoms with E-state index in [9.17, 15) is 14.0 Å². The van der Waals surface area contributed by atoms with Crippen LogP contribution in [-0.4, -0.2) is 58.3 Å². The van der Waals surface area contributed by atoms with Crippen LogP contribution < -0.4 is 0 Å². The highest BCUT2D eigenvalue weighted by molar-refractivity contribution is 5.97. The van der Waals surface area contributed by atoms with Crippen molar-refractivity contribution in [1.82, 2.24) is 14.4 Å². The molecule has 1 aromatic heterocycles. The van der Waals surface area contributed by atoms with E-state index in [4.69, 9.17) is 0 Å². The first-order valence-electron chi connectivity index (χ1n) is 11.4. The Balaban J connectivity index is 1.49. The summed E-state index contributed by atoms with van der Waals surface area (Å²) in [4.78, 5) is 29.8. The number of ketones is 1. The van der Waals surface area contributed by atoms with Gasteiger partial charge in [-0.3, -0.25) is 14.5 Å². The van der Waals surface area contributed by atoms with Gasteiger partial charge in [0.15, 0.2) is 5.78 Å². The average molecular weight is 426 g/mol. The van der Waals surface area contributed by atoms with Crippen LogP contribution in [0.3, 0.4) is 0 Å². The molecule has 5 nitrogen and oxygen atoms in total. The maximum Gasteiger partial charge on any atom is 0.242 e. The molecule has 1 aliphatic heterocycles. The van der Waals surface area contributed by atoms with Gasteiger partial charge in [-0.25, -0.2) is 4.39 Å². The molecule has 0 bridgehead atoms. The molecule has 1 saturated carbocycles. The van der Waals surface area contributed by atoms with Crippen molar-refractivity contribution in [3.63, 3.8) is 0 Å². The van der Waals surface area contributed by atoms with E-state index in [0.717, 1.165) is 43.1 Å². The topological polar surface area (TPSA) is 45.6 Å². The van der Waals surface area contributed by atoms with Crippen LogP contribution >= 0.6 is 0 Å². The molecular formula is C25H32FN3O2. The minimum atomic E-state index is -0.308. The van der Waals surface area contributed by atoms with Crippen molar-refractivity contribution in [2.24, 2.45) is 0 Å². The Hall–Kier alpha value is -2.47. The van der Waals surface area contributed by atoms with Gasteiger partial charge in [0, 0.05) is 49.2 Å². The number of piperazine rings is 1. The maximum absolute atomic E-state index is 13.4. The van der Waals surface area contributed by atoms with E-state index in [-0.39, 0.29) is 24.1 Å². The van der Waals surface area contributed by atoms with Gasteiger partial charge in [0.1, 0.15) is 12.4 Å². The second kappa shape index (κ2) is 9.35. The second-order valence-corrected chi connectivity index (χ2v) is 8.89. The number of Topliss-reactive ketones (excluding diaryl/α,β-unsaturated/α-hetero) is 1. The third-order valence-electron chi connectivity index (χ3n) is 6.94. The highest BCUT2D eigenvalue weighted by Crippen LogP contribution is 2.27. The highest BCUT2D eigenvalue weighted by atomic mass is 19.1. The molecular weight excluding hydrogens is 393 g/mol. The zero-order chi connectivity index (χ0) is 22.0. The predicted octanol–water partition coefficient (Wildman–Crippen LogP) is 4.28. The molecule has 1 aromatic carbocycles. The first-order chi connectivity index (χ1) is 14.9. The molecule has 2 aromatic rings. The monoisotopic (exact) mass is 425 g/mol. The molecule has 2 aliphatic rings. The lowest BCUT2D eigenvalue weighted by atomic mass is 9.94. The van der Waals surface area contributed by atoms with Gasteiger partial charge in [-0.15, -0.1) is 0 Å². The summed E-state index contributed by atoms with van der Waals surface area (Å²) in [5, 5.41) is 0. The van der Waals surface area contributed by atoms with Crippen LogP contribution in [0.25, 0.3) is 11.3 Å². The largest absolute Gasteiger partial charge is 0.339 e. The molecule has 2 fully saturated rings. The number of carbonyl (C=O) groups excluding carboxylic acids is 2. The van der Waals surface area contributed by atoms with E-state index in [1.165, 1.54) is 51.2 Å². The number of nitrogens with zero attached hydrogens (tertiary/aromatic N) is 3. The normalized spacial score (nSPS) is 18.4. The molecule has 0 atom stereocenters. The SMILES string of the molecule is CC(=O)c1cc(-c2ccc(F)cc2)n(CC(=O)N2CCN(C3CCCCC3)CC2)c1C. The van der Waals surface area contributed by atoms with Crippen molar-refractivity contribution in [2.45, 2.75) is 58.5 Å². The Morgan fingerprint density at radius 2 is 1.65 bits per heavy atom. The number of hydrogen-bond acceptors (Lipinski definition) is 3. The van der Waals surface area contributed by atoms with Gasteiger partial charge in [-0.05, 0) is 62.6 Å². The zero-order valence-electron chi connectivity index (χ0n) is 18.6. The van der Waals surface area contributed by atoms with E-state index >= 15 is 0 Å². The van der Waals surface area contributed by atoms with Crippen molar-refractivity contribution >= 4 is 11.7 Å². The summed E-state index contributed by atoms with van der Waals surface area (Å²) < 4.78 is 15.3. The van der Waals surface area contributed by atoms with Gasteiger partial charge < -0.3 is 9.47 Å². The van der Waals surface area contributed by atoms with Crippen molar-refractivity contribution in [1.29, 1.82) is 0 Å². The third-order valence-corrected chi connectivity index (χ3v) is 6.94. The van der Waals surface area contributed by atoms with Crippen LogP contribution in [-0.2, 0) is 11.3 Å². The molecule has 1 saturated heterocycles. The van der Waals surface area contributed by atoms with E-state index in [0.29, 0.717) is 11.6 Å². The summed E-state index contributed by atoms with van der Waals surface area (Å²) in [6.07, 6.45) is 6.56. The van der Waals surface area contributed by atoms with E-state index < -0.39 is 0 Å². The Kier molecular flexibility index (Phi) is 6.56. The average Bonchev–Trinajstić information content (AvgIpc) is 3.11. The number of benzene rings is 1. The molecule has 166 valence electrons. The van der Waals surface area contributed by atoms with Crippen molar-refractivity contribution in [2.75, 3.05) is 26.2 Å². The highest BCUT2D eigenvalue weighted by Gasteiger charge is 2.28. The molecule has 0 spiro atoms. The standard InChI is InChI=1S/C25H32FN3O2/c1-18-23(19(2)30)16-24(20-8-10-21(26)11-9-20)29(18)17-25(31)28-14-12-27(13-15-28)22-6-4-3-5-7-22/h8-11,16,22H,3-7,12-15,17H2,1-2H3. The molecule has 1 amide bonds. The lowest BCUT2D eigenvalue weighted by molar-refractivity contribution is -0.134. The third kappa shape index (κ3) is 4.74. The summed E-state index contributed by atoms with van der Waals surface area (Å²) >= 11 is 0. The van der Waals surface area contributed by atoms with Gasteiger partial charge in [0.05, 0.1) is 0 Å². The van der Waals surface area contributed by atoms with Crippen molar-refractivity contribution < 1.29 is 14.0 Å². The number of hydrogen-bond donors (Lipinski definition) is 0. The molecule has 2 heterocycles.